The van der Waals surface area contributed by atoms with Gasteiger partial charge in [0.05, 0.1) is 5.56 Å². The van der Waals surface area contributed by atoms with E-state index in [1.165, 1.54) is 0 Å². The Labute approximate surface area is 116 Å². The lowest BCUT2D eigenvalue weighted by atomic mass is 9.99. The number of nitrogens with two attached hydrogens (primary N) is 2. The average molecular weight is 274 g/mol. The van der Waals surface area contributed by atoms with Crippen LogP contribution in [0.15, 0.2) is 24.4 Å². The van der Waals surface area contributed by atoms with Crippen LogP contribution in [0.4, 0.5) is 5.69 Å². The fourth-order valence-electron chi connectivity index (χ4n) is 2.19. The van der Waals surface area contributed by atoms with Gasteiger partial charge in [-0.3, -0.25) is 9.59 Å². The number of nitrogens with one attached hydrogen (secondary N) is 2. The smallest absolute Gasteiger partial charge is 0.253 e. The second-order valence-electron chi connectivity index (χ2n) is 5.49. The van der Waals surface area contributed by atoms with Crippen LogP contribution in [0.5, 0.6) is 0 Å². The number of benzene rings is 1. The molecule has 20 heavy (non-hydrogen) atoms. The zero-order chi connectivity index (χ0) is 14.9. The molecule has 0 saturated heterocycles. The minimum absolute atomic E-state index is 0.0774. The molecule has 2 rings (SSSR count). The molecule has 0 bridgehead atoms. The third-order valence-corrected chi connectivity index (χ3v) is 3.02. The van der Waals surface area contributed by atoms with Gasteiger partial charge in [-0.1, -0.05) is 0 Å². The average Bonchev–Trinajstić information content (AvgIpc) is 2.68. The van der Waals surface area contributed by atoms with E-state index < -0.39 is 11.4 Å². The molecule has 0 spiro atoms. The van der Waals surface area contributed by atoms with Gasteiger partial charge in [0.25, 0.3) is 5.91 Å². The topological polar surface area (TPSA) is 114 Å². The number of amides is 2. The highest BCUT2D eigenvalue weighted by atomic mass is 16.2. The van der Waals surface area contributed by atoms with Gasteiger partial charge in [-0.25, -0.2) is 0 Å². The van der Waals surface area contributed by atoms with Crippen LogP contribution in [0, 0.1) is 0 Å². The molecule has 0 unspecified atom stereocenters. The third-order valence-electron chi connectivity index (χ3n) is 3.02. The van der Waals surface area contributed by atoms with Gasteiger partial charge >= 0.3 is 0 Å². The summed E-state index contributed by atoms with van der Waals surface area (Å²) in [4.78, 5) is 26.3. The molecule has 0 saturated carbocycles. The highest BCUT2D eigenvalue weighted by Gasteiger charge is 2.24. The van der Waals surface area contributed by atoms with Crippen LogP contribution >= 0.6 is 0 Å². The van der Waals surface area contributed by atoms with Gasteiger partial charge in [-0.05, 0) is 32.0 Å². The number of hydrogen-bond acceptors (Lipinski definition) is 3. The fraction of sp³-hybridized carbons (Fsp3) is 0.286. The maximum absolute atomic E-state index is 12.3. The van der Waals surface area contributed by atoms with E-state index in [1.54, 1.807) is 38.2 Å². The first kappa shape index (κ1) is 13.9. The first-order valence-corrected chi connectivity index (χ1v) is 6.26. The van der Waals surface area contributed by atoms with Crippen LogP contribution in [0.25, 0.3) is 10.9 Å². The van der Waals surface area contributed by atoms with E-state index in [2.05, 4.69) is 10.3 Å². The van der Waals surface area contributed by atoms with Crippen LogP contribution in [-0.2, 0) is 4.79 Å². The van der Waals surface area contributed by atoms with Crippen molar-refractivity contribution in [3.05, 3.63) is 30.0 Å². The van der Waals surface area contributed by atoms with Crippen molar-refractivity contribution < 1.29 is 9.59 Å². The molecule has 0 aliphatic carbocycles. The summed E-state index contributed by atoms with van der Waals surface area (Å²) >= 11 is 0. The van der Waals surface area contributed by atoms with Crippen LogP contribution in [0.2, 0.25) is 0 Å². The van der Waals surface area contributed by atoms with Gasteiger partial charge in [0, 0.05) is 34.7 Å². The number of carbonyl (C=O) groups is 2. The fourth-order valence-corrected chi connectivity index (χ4v) is 2.19. The molecule has 1 heterocycles. The Balaban J connectivity index is 2.26. The van der Waals surface area contributed by atoms with Crippen molar-refractivity contribution in [1.82, 2.24) is 10.3 Å². The summed E-state index contributed by atoms with van der Waals surface area (Å²) in [7, 11) is 0. The molecule has 6 nitrogen and oxygen atoms in total. The molecule has 0 fully saturated rings. The van der Waals surface area contributed by atoms with E-state index in [4.69, 9.17) is 11.5 Å². The lowest BCUT2D eigenvalue weighted by Crippen LogP contribution is -2.46. The Morgan fingerprint density at radius 2 is 2.05 bits per heavy atom. The molecule has 2 aromatic rings. The van der Waals surface area contributed by atoms with Crippen molar-refractivity contribution in [1.29, 1.82) is 0 Å². The summed E-state index contributed by atoms with van der Waals surface area (Å²) in [5.74, 6) is -0.714. The molecule has 1 aromatic heterocycles. The molecule has 0 aliphatic rings. The summed E-state index contributed by atoms with van der Waals surface area (Å²) in [5, 5.41) is 3.59. The molecule has 0 atom stereocenters. The van der Waals surface area contributed by atoms with Crippen molar-refractivity contribution in [3.63, 3.8) is 0 Å². The molecule has 6 N–H and O–H groups in total. The van der Waals surface area contributed by atoms with Gasteiger partial charge in [-0.2, -0.15) is 0 Å². The van der Waals surface area contributed by atoms with E-state index in [1.807, 2.05) is 0 Å². The maximum Gasteiger partial charge on any atom is 0.253 e. The number of primary amides is 1. The maximum atomic E-state index is 12.3. The number of aromatic nitrogens is 1. The number of anilines is 1. The molecule has 6 heteroatoms. The quantitative estimate of drug-likeness (QED) is 0.626. The van der Waals surface area contributed by atoms with Gasteiger partial charge in [0.2, 0.25) is 5.91 Å². The van der Waals surface area contributed by atoms with Crippen LogP contribution in [0.1, 0.15) is 30.6 Å². The number of nitrogen functional groups attached to an aromatic ring is 1. The Bertz CT molecular complexity index is 673. The molecular formula is C14H18N4O2. The first-order chi connectivity index (χ1) is 9.28. The number of H-pyrrole nitrogens is 1. The Kier molecular flexibility index (Phi) is 3.40. The molecule has 0 aliphatic heterocycles. The lowest BCUT2D eigenvalue weighted by Gasteiger charge is -2.24. The summed E-state index contributed by atoms with van der Waals surface area (Å²) in [5.41, 5.74) is 12.1. The van der Waals surface area contributed by atoms with Crippen LogP contribution < -0.4 is 16.8 Å². The second kappa shape index (κ2) is 4.88. The molecule has 106 valence electrons. The third kappa shape index (κ3) is 2.90. The van der Waals surface area contributed by atoms with Crippen molar-refractivity contribution in [3.8, 4) is 0 Å². The summed E-state index contributed by atoms with van der Waals surface area (Å²) < 4.78 is 0. The largest absolute Gasteiger partial charge is 0.399 e. The molecular weight excluding hydrogens is 256 g/mol. The van der Waals surface area contributed by atoms with Crippen LogP contribution in [-0.4, -0.2) is 22.3 Å². The van der Waals surface area contributed by atoms with E-state index in [9.17, 15) is 9.59 Å². The predicted octanol–water partition coefficient (Wildman–Crippen LogP) is 1.13. The number of hydrogen-bond donors (Lipinski definition) is 4. The Hall–Kier alpha value is -2.50. The van der Waals surface area contributed by atoms with Crippen molar-refractivity contribution >= 4 is 28.4 Å². The SMILES string of the molecule is CC(C)(CC(N)=O)NC(=O)c1c[nH]c2cc(N)ccc12. The van der Waals surface area contributed by atoms with Gasteiger partial charge in [0.1, 0.15) is 0 Å². The van der Waals surface area contributed by atoms with Crippen molar-refractivity contribution in [2.75, 3.05) is 5.73 Å². The predicted molar refractivity (Wildman–Crippen MR) is 78.1 cm³/mol. The number of carbonyl (C=O) groups excluding carboxylic acids is 2. The zero-order valence-corrected chi connectivity index (χ0v) is 11.5. The minimum atomic E-state index is -0.694. The van der Waals surface area contributed by atoms with Gasteiger partial charge in [-0.15, -0.1) is 0 Å². The van der Waals surface area contributed by atoms with Crippen molar-refractivity contribution in [2.45, 2.75) is 25.8 Å². The standard InChI is InChI=1S/C14H18N4O2/c1-14(2,6-12(16)19)18-13(20)10-7-17-11-5-8(15)3-4-9(10)11/h3-5,7,17H,6,15H2,1-2H3,(H2,16,19)(H,18,20). The van der Waals surface area contributed by atoms with E-state index >= 15 is 0 Å². The lowest BCUT2D eigenvalue weighted by molar-refractivity contribution is -0.119. The van der Waals surface area contributed by atoms with E-state index in [0.29, 0.717) is 11.3 Å². The minimum Gasteiger partial charge on any atom is -0.399 e. The molecule has 0 radical (unpaired) electrons. The highest BCUT2D eigenvalue weighted by Crippen LogP contribution is 2.21. The number of aromatic amines is 1. The monoisotopic (exact) mass is 274 g/mol. The Morgan fingerprint density at radius 3 is 2.70 bits per heavy atom. The molecule has 2 amide bonds. The Morgan fingerprint density at radius 1 is 1.35 bits per heavy atom. The van der Waals surface area contributed by atoms with Gasteiger partial charge in [0.15, 0.2) is 0 Å². The van der Waals surface area contributed by atoms with Crippen LogP contribution in [0.3, 0.4) is 0 Å². The highest BCUT2D eigenvalue weighted by molar-refractivity contribution is 6.07. The normalized spacial score (nSPS) is 11.5. The summed E-state index contributed by atoms with van der Waals surface area (Å²) in [6.07, 6.45) is 1.70. The van der Waals surface area contributed by atoms with E-state index in [-0.39, 0.29) is 12.3 Å². The molecule has 1 aromatic carbocycles. The van der Waals surface area contributed by atoms with Gasteiger partial charge < -0.3 is 21.8 Å². The zero-order valence-electron chi connectivity index (χ0n) is 11.5. The number of rotatable bonds is 4. The van der Waals surface area contributed by atoms with E-state index in [0.717, 1.165) is 10.9 Å². The summed E-state index contributed by atoms with van der Waals surface area (Å²) in [6.45, 7) is 3.50. The number of fused-ring (bicyclic) bond motifs is 1. The van der Waals surface area contributed by atoms with Crippen molar-refractivity contribution in [2.24, 2.45) is 5.73 Å². The second-order valence-corrected chi connectivity index (χ2v) is 5.49. The summed E-state index contributed by atoms with van der Waals surface area (Å²) in [6, 6.07) is 5.29. The first-order valence-electron chi connectivity index (χ1n) is 6.26.